The summed E-state index contributed by atoms with van der Waals surface area (Å²) in [6, 6.07) is 12.7. The molecule has 3 heterocycles. The number of ether oxygens (including phenoxy) is 1. The first-order chi connectivity index (χ1) is 17.8. The van der Waals surface area contributed by atoms with E-state index in [1.807, 2.05) is 0 Å². The molecule has 1 amide bonds. The Bertz CT molecular complexity index is 1270. The van der Waals surface area contributed by atoms with Gasteiger partial charge in [-0.3, -0.25) is 14.5 Å². The average Bonchev–Trinajstić information content (AvgIpc) is 3.33. The molecule has 0 saturated carbocycles. The van der Waals surface area contributed by atoms with Crippen LogP contribution in [0.25, 0.3) is 0 Å². The van der Waals surface area contributed by atoms with Crippen molar-refractivity contribution in [2.24, 2.45) is 5.92 Å². The highest BCUT2D eigenvalue weighted by Gasteiger charge is 2.45. The number of hydrogen-bond donors (Lipinski definition) is 2. The summed E-state index contributed by atoms with van der Waals surface area (Å²) in [4.78, 5) is 28.1. The highest BCUT2D eigenvalue weighted by Crippen LogP contribution is 2.34. The number of nitrogens with zero attached hydrogens (tertiary/aromatic N) is 3. The maximum atomic E-state index is 13.4. The smallest absolute Gasteiger partial charge is 0.416 e. The van der Waals surface area contributed by atoms with Crippen molar-refractivity contribution in [1.82, 2.24) is 20.8 Å². The summed E-state index contributed by atoms with van der Waals surface area (Å²) in [7, 11) is 0. The van der Waals surface area contributed by atoms with Crippen molar-refractivity contribution in [3.8, 4) is 5.75 Å². The van der Waals surface area contributed by atoms with Gasteiger partial charge < -0.3 is 15.4 Å². The van der Waals surface area contributed by atoms with Gasteiger partial charge in [-0.1, -0.05) is 12.1 Å². The van der Waals surface area contributed by atoms with Crippen LogP contribution in [0.3, 0.4) is 0 Å². The molecule has 0 spiro atoms. The summed E-state index contributed by atoms with van der Waals surface area (Å²) in [5.41, 5.74) is -1.16. The van der Waals surface area contributed by atoms with E-state index in [1.54, 1.807) is 35.2 Å². The summed E-state index contributed by atoms with van der Waals surface area (Å²) >= 11 is 0. The highest BCUT2D eigenvalue weighted by molar-refractivity contribution is 6.04. The Morgan fingerprint density at radius 1 is 1.00 bits per heavy atom. The number of halogens is 3. The fourth-order valence-electron chi connectivity index (χ4n) is 4.45. The Hall–Kier alpha value is -3.83. The molecule has 2 aliphatic rings. The topological polar surface area (TPSA) is 96.5 Å². The van der Waals surface area contributed by atoms with Gasteiger partial charge in [-0.05, 0) is 49.0 Å². The third-order valence-electron chi connectivity index (χ3n) is 6.57. The van der Waals surface area contributed by atoms with Crippen LogP contribution in [0.5, 0.6) is 5.75 Å². The lowest BCUT2D eigenvalue weighted by molar-refractivity contribution is -0.137. The fourth-order valence-corrected chi connectivity index (χ4v) is 4.45. The molecule has 192 valence electrons. The van der Waals surface area contributed by atoms with Crippen molar-refractivity contribution in [3.63, 3.8) is 0 Å². The number of anilines is 2. The standard InChI is InChI=1S/C26H24F3N5O3/c27-26(28,29)19-3-1-2-17(12-19)23(35)25(9-11-30-16-25)37-22-6-4-20(5-7-22)34(21-8-10-32-33-15-21)24(36)18-13-31-14-18/h1-8,10,12,15,18,30-31H,9,11,13-14,16H2/t25-/m1/s1. The Balaban J connectivity index is 1.41. The van der Waals surface area contributed by atoms with Crippen molar-refractivity contribution in [1.29, 1.82) is 0 Å². The zero-order valence-corrected chi connectivity index (χ0v) is 19.7. The Kier molecular flexibility index (Phi) is 6.65. The zero-order chi connectivity index (χ0) is 26.0. The van der Waals surface area contributed by atoms with E-state index >= 15 is 0 Å². The number of nitrogens with one attached hydrogen (secondary N) is 2. The van der Waals surface area contributed by atoms with Gasteiger partial charge in [-0.15, -0.1) is 0 Å². The fraction of sp³-hybridized carbons (Fsp3) is 0.308. The van der Waals surface area contributed by atoms with Crippen LogP contribution in [0.2, 0.25) is 0 Å². The summed E-state index contributed by atoms with van der Waals surface area (Å²) in [6.07, 6.45) is -1.26. The minimum Gasteiger partial charge on any atom is -0.478 e. The van der Waals surface area contributed by atoms with Crippen LogP contribution < -0.4 is 20.3 Å². The third kappa shape index (κ3) is 5.05. The Morgan fingerprint density at radius 2 is 1.78 bits per heavy atom. The molecule has 2 aromatic carbocycles. The van der Waals surface area contributed by atoms with Gasteiger partial charge in [0.2, 0.25) is 11.7 Å². The number of aromatic nitrogens is 2. The molecule has 0 radical (unpaired) electrons. The normalized spacial score (nSPS) is 19.8. The first-order valence-corrected chi connectivity index (χ1v) is 11.8. The second-order valence-electron chi connectivity index (χ2n) is 9.05. The number of alkyl halides is 3. The predicted molar refractivity (Wildman–Crippen MR) is 129 cm³/mol. The molecule has 0 aliphatic carbocycles. The van der Waals surface area contributed by atoms with Gasteiger partial charge in [0.1, 0.15) is 5.75 Å². The van der Waals surface area contributed by atoms with Crippen LogP contribution in [0.15, 0.2) is 67.0 Å². The number of carbonyl (C=O) groups is 2. The van der Waals surface area contributed by atoms with E-state index in [4.69, 9.17) is 4.74 Å². The first-order valence-electron chi connectivity index (χ1n) is 11.8. The van der Waals surface area contributed by atoms with Crippen molar-refractivity contribution in [3.05, 3.63) is 78.1 Å². The molecule has 2 fully saturated rings. The monoisotopic (exact) mass is 511 g/mol. The minimum atomic E-state index is -4.56. The molecule has 37 heavy (non-hydrogen) atoms. The van der Waals surface area contributed by atoms with Gasteiger partial charge in [0, 0.05) is 37.3 Å². The lowest BCUT2D eigenvalue weighted by atomic mass is 9.90. The van der Waals surface area contributed by atoms with Gasteiger partial charge in [-0.25, -0.2) is 0 Å². The Morgan fingerprint density at radius 3 is 2.38 bits per heavy atom. The minimum absolute atomic E-state index is 0.0637. The molecule has 2 N–H and O–H groups in total. The molecule has 1 aromatic heterocycles. The molecule has 0 unspecified atom stereocenters. The quantitative estimate of drug-likeness (QED) is 0.470. The van der Waals surface area contributed by atoms with E-state index in [2.05, 4.69) is 20.8 Å². The summed E-state index contributed by atoms with van der Waals surface area (Å²) in [5, 5.41) is 13.8. The summed E-state index contributed by atoms with van der Waals surface area (Å²) < 4.78 is 45.8. The number of rotatable bonds is 7. The van der Waals surface area contributed by atoms with E-state index in [0.29, 0.717) is 43.2 Å². The lowest BCUT2D eigenvalue weighted by Crippen LogP contribution is -2.51. The number of benzene rings is 2. The summed E-state index contributed by atoms with van der Waals surface area (Å²) in [6.45, 7) is 1.81. The maximum absolute atomic E-state index is 13.4. The van der Waals surface area contributed by atoms with Crippen LogP contribution in [0.1, 0.15) is 22.3 Å². The molecule has 0 bridgehead atoms. The maximum Gasteiger partial charge on any atom is 0.416 e. The number of carbonyl (C=O) groups excluding carboxylic acids is 2. The van der Waals surface area contributed by atoms with Crippen LogP contribution in [-0.4, -0.2) is 53.7 Å². The van der Waals surface area contributed by atoms with Crippen LogP contribution in [-0.2, 0) is 11.0 Å². The molecule has 3 aromatic rings. The van der Waals surface area contributed by atoms with E-state index in [-0.39, 0.29) is 23.9 Å². The number of Topliss-reactive ketones (excluding diaryl/α,β-unsaturated/α-hetero) is 1. The predicted octanol–water partition coefficient (Wildman–Crippen LogP) is 3.37. The lowest BCUT2D eigenvalue weighted by Gasteiger charge is -2.32. The van der Waals surface area contributed by atoms with Gasteiger partial charge in [0.05, 0.1) is 29.6 Å². The largest absolute Gasteiger partial charge is 0.478 e. The zero-order valence-electron chi connectivity index (χ0n) is 19.7. The average molecular weight is 512 g/mol. The second kappa shape index (κ2) is 9.91. The van der Waals surface area contributed by atoms with E-state index < -0.39 is 23.1 Å². The number of amides is 1. The number of ketones is 1. The first kappa shape index (κ1) is 24.8. The van der Waals surface area contributed by atoms with E-state index in [0.717, 1.165) is 12.1 Å². The summed E-state index contributed by atoms with van der Waals surface area (Å²) in [5.74, 6) is -0.415. The van der Waals surface area contributed by atoms with Crippen LogP contribution in [0.4, 0.5) is 24.5 Å². The van der Waals surface area contributed by atoms with E-state index in [1.165, 1.54) is 24.5 Å². The van der Waals surface area contributed by atoms with Crippen molar-refractivity contribution in [2.75, 3.05) is 31.1 Å². The number of hydrogen-bond acceptors (Lipinski definition) is 7. The molecular formula is C26H24F3N5O3. The second-order valence-corrected chi connectivity index (χ2v) is 9.05. The third-order valence-corrected chi connectivity index (χ3v) is 6.57. The molecular weight excluding hydrogens is 487 g/mol. The van der Waals surface area contributed by atoms with Gasteiger partial charge in [-0.2, -0.15) is 23.4 Å². The van der Waals surface area contributed by atoms with Crippen molar-refractivity contribution in [2.45, 2.75) is 18.2 Å². The Labute approximate surface area is 210 Å². The SMILES string of the molecule is O=C(C1CNC1)N(c1ccc(O[C@]2(C(=O)c3cccc(C(F)(F)F)c3)CCNC2)cc1)c1ccnnc1. The molecule has 2 aliphatic heterocycles. The van der Waals surface area contributed by atoms with Crippen molar-refractivity contribution < 1.29 is 27.5 Å². The van der Waals surface area contributed by atoms with Gasteiger partial charge in [0.25, 0.3) is 0 Å². The highest BCUT2D eigenvalue weighted by atomic mass is 19.4. The molecule has 5 rings (SSSR count). The van der Waals surface area contributed by atoms with Crippen molar-refractivity contribution >= 4 is 23.1 Å². The van der Waals surface area contributed by atoms with Crippen LogP contribution >= 0.6 is 0 Å². The molecule has 8 nitrogen and oxygen atoms in total. The molecule has 2 saturated heterocycles. The van der Waals surface area contributed by atoms with Crippen LogP contribution in [0, 0.1) is 5.92 Å². The van der Waals surface area contributed by atoms with Gasteiger partial charge >= 0.3 is 6.18 Å². The van der Waals surface area contributed by atoms with Gasteiger partial charge in [0.15, 0.2) is 5.60 Å². The molecule has 11 heteroatoms. The molecule has 1 atom stereocenters. The van der Waals surface area contributed by atoms with E-state index in [9.17, 15) is 22.8 Å².